The number of aryl methyl sites for hydroxylation is 2. The average Bonchev–Trinajstić information content (AvgIpc) is 2.79. The number of carbonyl (C=O) groups is 1. The molecule has 0 aliphatic heterocycles. The topological polar surface area (TPSA) is 41.4 Å². The molecule has 0 radical (unpaired) electrons. The van der Waals surface area contributed by atoms with Gasteiger partial charge >= 0.3 is 0 Å². The molecule has 0 saturated carbocycles. The van der Waals surface area contributed by atoms with Gasteiger partial charge in [0.15, 0.2) is 0 Å². The summed E-state index contributed by atoms with van der Waals surface area (Å²) in [6, 6.07) is 8.25. The van der Waals surface area contributed by atoms with Crippen molar-refractivity contribution in [3.8, 4) is 0 Å². The quantitative estimate of drug-likeness (QED) is 0.849. The van der Waals surface area contributed by atoms with Crippen molar-refractivity contribution in [2.75, 3.05) is 21.1 Å². The Morgan fingerprint density at radius 3 is 2.23 bits per heavy atom. The van der Waals surface area contributed by atoms with Crippen LogP contribution in [0.2, 0.25) is 0 Å². The van der Waals surface area contributed by atoms with E-state index in [1.165, 1.54) is 11.1 Å². The number of carbonyl (C=O) groups excluding carboxylic acids is 1. The Morgan fingerprint density at radius 1 is 1.14 bits per heavy atom. The van der Waals surface area contributed by atoms with E-state index in [9.17, 15) is 4.79 Å². The van der Waals surface area contributed by atoms with Crippen LogP contribution in [0.5, 0.6) is 0 Å². The third-order valence-electron chi connectivity index (χ3n) is 3.68. The fourth-order valence-corrected chi connectivity index (χ4v) is 2.57. The van der Waals surface area contributed by atoms with E-state index >= 15 is 0 Å². The molecular weight excluding hydrogens is 276 g/mol. The molecule has 2 aromatic rings. The average molecular weight is 300 g/mol. The molecule has 1 aromatic heterocycles. The van der Waals surface area contributed by atoms with Crippen LogP contribution in [0.3, 0.4) is 0 Å². The van der Waals surface area contributed by atoms with Crippen molar-refractivity contribution >= 4 is 5.91 Å². The summed E-state index contributed by atoms with van der Waals surface area (Å²) in [7, 11) is 7.78. The van der Waals surface area contributed by atoms with Crippen LogP contribution in [-0.4, -0.2) is 46.4 Å². The zero-order valence-electron chi connectivity index (χ0n) is 14.0. The summed E-state index contributed by atoms with van der Waals surface area (Å²) in [5.41, 5.74) is 3.83. The van der Waals surface area contributed by atoms with Crippen molar-refractivity contribution in [2.45, 2.75) is 20.0 Å². The molecule has 1 heterocycles. The number of imidazole rings is 1. The fourth-order valence-electron chi connectivity index (χ4n) is 2.57. The van der Waals surface area contributed by atoms with Crippen LogP contribution >= 0.6 is 0 Å². The van der Waals surface area contributed by atoms with Crippen LogP contribution in [0.25, 0.3) is 0 Å². The number of aromatic nitrogens is 2. The molecule has 0 unspecified atom stereocenters. The van der Waals surface area contributed by atoms with Crippen molar-refractivity contribution in [1.82, 2.24) is 19.4 Å². The molecule has 0 atom stereocenters. The van der Waals surface area contributed by atoms with Gasteiger partial charge in [0.05, 0.1) is 12.0 Å². The van der Waals surface area contributed by atoms with E-state index in [4.69, 9.17) is 0 Å². The van der Waals surface area contributed by atoms with Crippen molar-refractivity contribution in [3.05, 3.63) is 53.1 Å². The number of nitrogens with zero attached hydrogens (tertiary/aromatic N) is 4. The third-order valence-corrected chi connectivity index (χ3v) is 3.68. The van der Waals surface area contributed by atoms with Crippen molar-refractivity contribution < 1.29 is 4.79 Å². The van der Waals surface area contributed by atoms with Crippen molar-refractivity contribution in [2.24, 2.45) is 7.05 Å². The number of hydrogen-bond acceptors (Lipinski definition) is 3. The first-order chi connectivity index (χ1) is 10.4. The van der Waals surface area contributed by atoms with Crippen molar-refractivity contribution in [1.29, 1.82) is 0 Å². The first kappa shape index (κ1) is 16.2. The molecule has 0 N–H and O–H groups in total. The molecule has 2 rings (SSSR count). The summed E-state index contributed by atoms with van der Waals surface area (Å²) in [5.74, 6) is -0.00263. The van der Waals surface area contributed by atoms with Gasteiger partial charge in [0, 0.05) is 27.2 Å². The number of hydrogen-bond donors (Lipinski definition) is 0. The number of benzene rings is 1. The molecule has 1 amide bonds. The monoisotopic (exact) mass is 300 g/mol. The summed E-state index contributed by atoms with van der Waals surface area (Å²) in [6.45, 7) is 3.32. The molecule has 5 heteroatoms. The fraction of sp³-hybridized carbons (Fsp3) is 0.412. The van der Waals surface area contributed by atoms with Gasteiger partial charge in [-0.2, -0.15) is 0 Å². The molecule has 0 fully saturated rings. The Hall–Kier alpha value is -2.14. The van der Waals surface area contributed by atoms with E-state index in [1.807, 2.05) is 47.2 Å². The molecule has 0 spiro atoms. The molecule has 22 heavy (non-hydrogen) atoms. The molecular formula is C17H24N4O. The summed E-state index contributed by atoms with van der Waals surface area (Å²) in [4.78, 5) is 20.7. The van der Waals surface area contributed by atoms with Gasteiger partial charge in [-0.15, -0.1) is 0 Å². The Kier molecular flexibility index (Phi) is 4.98. The van der Waals surface area contributed by atoms with Gasteiger partial charge in [0.25, 0.3) is 5.91 Å². The van der Waals surface area contributed by atoms with Gasteiger partial charge in [0.2, 0.25) is 0 Å². The summed E-state index contributed by atoms with van der Waals surface area (Å²) in [5, 5.41) is 0. The standard InChI is InChI=1S/C17H24N4O/c1-13-16(21(5)12-18-13)17(22)20(4)11-15-9-7-6-8-14(15)10-19(2)3/h6-9,12H,10-11H2,1-5H3. The maximum Gasteiger partial charge on any atom is 0.272 e. The lowest BCUT2D eigenvalue weighted by molar-refractivity contribution is 0.0774. The van der Waals surface area contributed by atoms with Crippen molar-refractivity contribution in [3.63, 3.8) is 0 Å². The molecule has 1 aromatic carbocycles. The first-order valence-corrected chi connectivity index (χ1v) is 7.35. The zero-order chi connectivity index (χ0) is 16.3. The van der Waals surface area contributed by atoms with Crippen LogP contribution in [0.15, 0.2) is 30.6 Å². The minimum Gasteiger partial charge on any atom is -0.336 e. The van der Waals surface area contributed by atoms with Gasteiger partial charge < -0.3 is 14.4 Å². The lowest BCUT2D eigenvalue weighted by Gasteiger charge is -2.21. The lowest BCUT2D eigenvalue weighted by Crippen LogP contribution is -2.29. The van der Waals surface area contributed by atoms with Gasteiger partial charge in [0.1, 0.15) is 5.69 Å². The normalized spacial score (nSPS) is 11.0. The van der Waals surface area contributed by atoms with E-state index in [0.29, 0.717) is 12.2 Å². The predicted molar refractivity (Wildman–Crippen MR) is 87.6 cm³/mol. The van der Waals surface area contributed by atoms with Crippen LogP contribution in [-0.2, 0) is 20.1 Å². The Labute approximate surface area is 132 Å². The van der Waals surface area contributed by atoms with E-state index in [2.05, 4.69) is 22.0 Å². The summed E-state index contributed by atoms with van der Waals surface area (Å²) in [6.07, 6.45) is 1.68. The molecule has 5 nitrogen and oxygen atoms in total. The Bertz CT molecular complexity index is 641. The Balaban J connectivity index is 2.19. The van der Waals surface area contributed by atoms with E-state index < -0.39 is 0 Å². The van der Waals surface area contributed by atoms with Gasteiger partial charge in [-0.3, -0.25) is 4.79 Å². The second kappa shape index (κ2) is 6.75. The second-order valence-electron chi connectivity index (χ2n) is 5.96. The van der Waals surface area contributed by atoms with E-state index in [0.717, 1.165) is 12.2 Å². The predicted octanol–water partition coefficient (Wildman–Crippen LogP) is 2.06. The minimum absolute atomic E-state index is 0.00263. The highest BCUT2D eigenvalue weighted by Gasteiger charge is 2.19. The molecule has 118 valence electrons. The zero-order valence-corrected chi connectivity index (χ0v) is 14.0. The van der Waals surface area contributed by atoms with E-state index in [-0.39, 0.29) is 5.91 Å². The molecule has 0 aliphatic carbocycles. The van der Waals surface area contributed by atoms with E-state index in [1.54, 1.807) is 15.8 Å². The molecule has 0 aliphatic rings. The maximum atomic E-state index is 12.6. The highest BCUT2D eigenvalue weighted by Crippen LogP contribution is 2.15. The third kappa shape index (κ3) is 3.54. The highest BCUT2D eigenvalue weighted by atomic mass is 16.2. The molecule has 0 bridgehead atoms. The SMILES string of the molecule is Cc1ncn(C)c1C(=O)N(C)Cc1ccccc1CN(C)C. The van der Waals surface area contributed by atoms with Crippen LogP contribution in [0, 0.1) is 6.92 Å². The number of rotatable bonds is 5. The highest BCUT2D eigenvalue weighted by molar-refractivity contribution is 5.93. The van der Waals surface area contributed by atoms with Crippen LogP contribution < -0.4 is 0 Å². The smallest absolute Gasteiger partial charge is 0.272 e. The maximum absolute atomic E-state index is 12.6. The second-order valence-corrected chi connectivity index (χ2v) is 5.96. The van der Waals surface area contributed by atoms with Gasteiger partial charge in [-0.05, 0) is 32.1 Å². The molecule has 0 saturated heterocycles. The number of amides is 1. The largest absolute Gasteiger partial charge is 0.336 e. The van der Waals surface area contributed by atoms with Gasteiger partial charge in [-0.25, -0.2) is 4.98 Å². The van der Waals surface area contributed by atoms with Gasteiger partial charge in [-0.1, -0.05) is 24.3 Å². The lowest BCUT2D eigenvalue weighted by atomic mass is 10.1. The summed E-state index contributed by atoms with van der Waals surface area (Å²) < 4.78 is 1.78. The van der Waals surface area contributed by atoms with Crippen LogP contribution in [0.1, 0.15) is 27.3 Å². The van der Waals surface area contributed by atoms with Crippen LogP contribution in [0.4, 0.5) is 0 Å². The first-order valence-electron chi connectivity index (χ1n) is 7.35. The Morgan fingerprint density at radius 2 is 1.73 bits per heavy atom. The minimum atomic E-state index is -0.00263. The summed E-state index contributed by atoms with van der Waals surface area (Å²) >= 11 is 0.